The van der Waals surface area contributed by atoms with Gasteiger partial charge in [0, 0.05) is 25.2 Å². The molecule has 0 saturated carbocycles. The van der Waals surface area contributed by atoms with E-state index < -0.39 is 0 Å². The van der Waals surface area contributed by atoms with Gasteiger partial charge in [0.2, 0.25) is 0 Å². The van der Waals surface area contributed by atoms with Crippen molar-refractivity contribution in [3.8, 4) is 40.2 Å². The minimum absolute atomic E-state index is 0.0828. The summed E-state index contributed by atoms with van der Waals surface area (Å²) < 4.78 is 17.0. The van der Waals surface area contributed by atoms with Crippen LogP contribution in [-0.4, -0.2) is 66.5 Å². The van der Waals surface area contributed by atoms with Crippen LogP contribution in [0.4, 0.5) is 0 Å². The van der Waals surface area contributed by atoms with Gasteiger partial charge in [0.1, 0.15) is 5.75 Å². The maximum atomic E-state index is 10.7. The third kappa shape index (κ3) is 5.87. The van der Waals surface area contributed by atoms with Gasteiger partial charge in [0.25, 0.3) is 0 Å². The summed E-state index contributed by atoms with van der Waals surface area (Å²) in [5, 5.41) is 31.2. The van der Waals surface area contributed by atoms with Crippen molar-refractivity contribution < 1.29 is 29.5 Å². The lowest BCUT2D eigenvalue weighted by Gasteiger charge is -2.35. The highest BCUT2D eigenvalue weighted by Gasteiger charge is 2.28. The molecule has 0 radical (unpaired) electrons. The van der Waals surface area contributed by atoms with Crippen molar-refractivity contribution in [3.05, 3.63) is 100 Å². The molecule has 0 aliphatic carbocycles. The van der Waals surface area contributed by atoms with Crippen molar-refractivity contribution >= 4 is 0 Å². The van der Waals surface area contributed by atoms with Gasteiger partial charge in [-0.2, -0.15) is 0 Å². The highest BCUT2D eigenvalue weighted by atomic mass is 16.5. The Labute approximate surface area is 258 Å². The van der Waals surface area contributed by atoms with E-state index in [2.05, 4.69) is 36.0 Å². The monoisotopic (exact) mass is 596 g/mol. The fourth-order valence-corrected chi connectivity index (χ4v) is 6.58. The molecule has 0 spiro atoms. The Morgan fingerprint density at radius 2 is 1.11 bits per heavy atom. The number of hydrogen-bond donors (Lipinski definition) is 3. The van der Waals surface area contributed by atoms with Gasteiger partial charge in [-0.05, 0) is 122 Å². The van der Waals surface area contributed by atoms with E-state index in [1.165, 1.54) is 5.56 Å². The first-order valence-corrected chi connectivity index (χ1v) is 15.0. The summed E-state index contributed by atoms with van der Waals surface area (Å²) in [6.07, 6.45) is 3.26. The Kier molecular flexibility index (Phi) is 8.29. The first-order chi connectivity index (χ1) is 21.2. The Morgan fingerprint density at radius 1 is 0.614 bits per heavy atom. The second-order valence-electron chi connectivity index (χ2n) is 11.9. The largest absolute Gasteiger partial charge is 0.504 e. The summed E-state index contributed by atoms with van der Waals surface area (Å²) in [6.45, 7) is 1.80. The summed E-state index contributed by atoms with van der Waals surface area (Å²) in [7, 11) is 7.38. The van der Waals surface area contributed by atoms with Crippen LogP contribution in [0.3, 0.4) is 0 Å². The second kappa shape index (κ2) is 12.3. The third-order valence-electron chi connectivity index (χ3n) is 9.16. The molecule has 230 valence electrons. The van der Waals surface area contributed by atoms with Crippen LogP contribution in [0.25, 0.3) is 0 Å². The third-order valence-corrected chi connectivity index (χ3v) is 9.16. The first kappa shape index (κ1) is 29.7. The van der Waals surface area contributed by atoms with Crippen molar-refractivity contribution in [2.75, 3.05) is 41.4 Å². The number of likely N-dealkylation sites (N-methyl/N-ethyl adjacent to an activating group) is 2. The average molecular weight is 597 g/mol. The van der Waals surface area contributed by atoms with Crippen molar-refractivity contribution in [2.45, 2.75) is 37.8 Å². The zero-order chi connectivity index (χ0) is 31.0. The van der Waals surface area contributed by atoms with Gasteiger partial charge in [0.15, 0.2) is 34.5 Å². The predicted molar refractivity (Wildman–Crippen MR) is 169 cm³/mol. The second-order valence-corrected chi connectivity index (χ2v) is 11.9. The highest BCUT2D eigenvalue weighted by Crippen LogP contribution is 2.41. The lowest BCUT2D eigenvalue weighted by molar-refractivity contribution is 0.228. The minimum Gasteiger partial charge on any atom is -0.504 e. The molecular formula is C36H40N2O6. The Balaban J connectivity index is 1.18. The first-order valence-electron chi connectivity index (χ1n) is 15.0. The van der Waals surface area contributed by atoms with Crippen LogP contribution in [0.1, 0.15) is 45.5 Å². The van der Waals surface area contributed by atoms with E-state index in [0.717, 1.165) is 60.2 Å². The van der Waals surface area contributed by atoms with Gasteiger partial charge in [-0.3, -0.25) is 9.80 Å². The predicted octanol–water partition coefficient (Wildman–Crippen LogP) is 6.16. The molecule has 0 aromatic heterocycles. The van der Waals surface area contributed by atoms with E-state index in [-0.39, 0.29) is 29.3 Å². The van der Waals surface area contributed by atoms with Crippen LogP contribution in [0.15, 0.2) is 66.7 Å². The van der Waals surface area contributed by atoms with Crippen LogP contribution in [0.5, 0.6) is 40.2 Å². The normalized spacial score (nSPS) is 18.4. The van der Waals surface area contributed by atoms with Crippen molar-refractivity contribution in [2.24, 2.45) is 0 Å². The number of fused-ring (bicyclic) bond motifs is 2. The molecule has 0 amide bonds. The molecule has 2 aliphatic rings. The number of ether oxygens (including phenoxy) is 3. The van der Waals surface area contributed by atoms with E-state index in [1.54, 1.807) is 20.3 Å². The number of phenols is 3. The van der Waals surface area contributed by atoms with Gasteiger partial charge in [-0.1, -0.05) is 18.2 Å². The Morgan fingerprint density at radius 3 is 1.64 bits per heavy atom. The molecule has 0 fully saturated rings. The van der Waals surface area contributed by atoms with E-state index in [4.69, 9.17) is 14.2 Å². The molecule has 0 bridgehead atoms. The number of methoxy groups -OCH3 is 2. The number of rotatable bonds is 8. The van der Waals surface area contributed by atoms with Crippen LogP contribution in [-0.2, 0) is 25.7 Å². The van der Waals surface area contributed by atoms with Gasteiger partial charge in [-0.15, -0.1) is 0 Å². The zero-order valence-electron chi connectivity index (χ0n) is 25.7. The molecule has 8 heteroatoms. The quantitative estimate of drug-likeness (QED) is 0.223. The van der Waals surface area contributed by atoms with E-state index in [0.29, 0.717) is 29.4 Å². The van der Waals surface area contributed by atoms with Crippen LogP contribution in [0.2, 0.25) is 0 Å². The maximum Gasteiger partial charge on any atom is 0.169 e. The van der Waals surface area contributed by atoms with Crippen LogP contribution in [0, 0.1) is 0 Å². The lowest BCUT2D eigenvalue weighted by Crippen LogP contribution is -2.33. The van der Waals surface area contributed by atoms with Gasteiger partial charge in [-0.25, -0.2) is 0 Å². The topological polar surface area (TPSA) is 94.9 Å². The smallest absolute Gasteiger partial charge is 0.169 e. The van der Waals surface area contributed by atoms with Crippen LogP contribution >= 0.6 is 0 Å². The van der Waals surface area contributed by atoms with Crippen molar-refractivity contribution in [3.63, 3.8) is 0 Å². The van der Waals surface area contributed by atoms with Crippen LogP contribution < -0.4 is 14.2 Å². The minimum atomic E-state index is 0.0828. The molecule has 2 atom stereocenters. The average Bonchev–Trinajstić information content (AvgIpc) is 3.02. The molecule has 0 saturated heterocycles. The number of phenolic OH excluding ortho intramolecular Hbond substituents is 3. The molecule has 8 nitrogen and oxygen atoms in total. The molecule has 6 rings (SSSR count). The molecular weight excluding hydrogens is 556 g/mol. The molecule has 44 heavy (non-hydrogen) atoms. The van der Waals surface area contributed by atoms with E-state index in [1.807, 2.05) is 48.5 Å². The summed E-state index contributed by atoms with van der Waals surface area (Å²) in [6, 6.07) is 21.3. The maximum absolute atomic E-state index is 10.7. The number of hydrogen-bond acceptors (Lipinski definition) is 8. The molecule has 4 aromatic rings. The van der Waals surface area contributed by atoms with E-state index in [9.17, 15) is 15.3 Å². The SMILES string of the molecule is COc1cc2c(cc1O)CCN(C)C2Cc1ccc(O)c(Oc2ccc(C[C@@H]3c4cc(OC)c(O)cc4CCN3C)cc2)c1. The van der Waals surface area contributed by atoms with Gasteiger partial charge >= 0.3 is 0 Å². The summed E-state index contributed by atoms with van der Waals surface area (Å²) in [5.74, 6) is 2.44. The Bertz CT molecular complexity index is 1650. The molecule has 2 heterocycles. The summed E-state index contributed by atoms with van der Waals surface area (Å²) >= 11 is 0. The van der Waals surface area contributed by atoms with Crippen molar-refractivity contribution in [1.82, 2.24) is 9.80 Å². The molecule has 2 aliphatic heterocycles. The van der Waals surface area contributed by atoms with Crippen molar-refractivity contribution in [1.29, 1.82) is 0 Å². The fraction of sp³-hybridized carbons (Fsp3) is 0.333. The van der Waals surface area contributed by atoms with E-state index >= 15 is 0 Å². The van der Waals surface area contributed by atoms with Gasteiger partial charge < -0.3 is 29.5 Å². The summed E-state index contributed by atoms with van der Waals surface area (Å²) in [4.78, 5) is 4.65. The number of aromatic hydroxyl groups is 3. The standard InChI is InChI=1S/C36H40N2O6/c1-37-13-11-24-18-32(40)34(42-3)20-27(24)29(37)15-22-5-8-26(9-6-22)44-36-17-23(7-10-31(36)39)16-30-28-21-35(43-4)33(41)19-25(28)12-14-38(30)2/h5-10,17-21,29-30,39-41H,11-16H2,1-4H3/t29-,30?/m1/s1. The van der Waals surface area contributed by atoms with Gasteiger partial charge in [0.05, 0.1) is 14.2 Å². The lowest BCUT2D eigenvalue weighted by atomic mass is 9.88. The highest BCUT2D eigenvalue weighted by molar-refractivity contribution is 5.51. The molecule has 3 N–H and O–H groups in total. The zero-order valence-corrected chi connectivity index (χ0v) is 25.7. The fourth-order valence-electron chi connectivity index (χ4n) is 6.58. The summed E-state index contributed by atoms with van der Waals surface area (Å²) in [5.41, 5.74) is 6.79. The number of benzene rings is 4. The molecule has 1 unspecified atom stereocenters. The molecule has 4 aromatic carbocycles. The Hall–Kier alpha value is -4.40. The number of nitrogens with zero attached hydrogens (tertiary/aromatic N) is 2.